The molecular weight excluding hydrogens is 376 g/mol. The van der Waals surface area contributed by atoms with Crippen LogP contribution in [0.1, 0.15) is 31.9 Å². The van der Waals surface area contributed by atoms with Crippen LogP contribution >= 0.6 is 23.4 Å². The molecule has 1 aromatic carbocycles. The lowest BCUT2D eigenvalue weighted by Crippen LogP contribution is -2.39. The van der Waals surface area contributed by atoms with Crippen LogP contribution in [-0.4, -0.2) is 41.4 Å². The van der Waals surface area contributed by atoms with Gasteiger partial charge in [-0.3, -0.25) is 9.69 Å². The van der Waals surface area contributed by atoms with E-state index >= 15 is 0 Å². The number of carbonyl (C=O) groups is 2. The molecule has 8 heteroatoms. The van der Waals surface area contributed by atoms with Gasteiger partial charge in [0.25, 0.3) is 0 Å². The summed E-state index contributed by atoms with van der Waals surface area (Å²) in [6, 6.07) is 4.54. The molecule has 0 spiro atoms. The van der Waals surface area contributed by atoms with Gasteiger partial charge in [-0.15, -0.1) is 0 Å². The molecule has 1 fully saturated rings. The predicted octanol–water partition coefficient (Wildman–Crippen LogP) is 3.56. The zero-order valence-electron chi connectivity index (χ0n) is 14.7. The third kappa shape index (κ3) is 3.33. The van der Waals surface area contributed by atoms with Crippen LogP contribution in [0.25, 0.3) is 0 Å². The van der Waals surface area contributed by atoms with Crippen molar-refractivity contribution in [3.05, 3.63) is 40.1 Å². The fourth-order valence-electron chi connectivity index (χ4n) is 2.98. The first-order valence-corrected chi connectivity index (χ1v) is 9.59. The van der Waals surface area contributed by atoms with E-state index in [0.717, 1.165) is 6.42 Å². The van der Waals surface area contributed by atoms with Crippen molar-refractivity contribution in [1.29, 1.82) is 0 Å². The molecule has 2 heterocycles. The average Bonchev–Trinajstić information content (AvgIpc) is 2.99. The van der Waals surface area contributed by atoms with Crippen molar-refractivity contribution >= 4 is 40.4 Å². The van der Waals surface area contributed by atoms with Gasteiger partial charge in [-0.05, 0) is 31.5 Å². The normalized spacial score (nSPS) is 19.4. The smallest absolute Gasteiger partial charge is 0.338 e. The lowest BCUT2D eigenvalue weighted by molar-refractivity contribution is -0.137. The molecule has 138 valence electrons. The van der Waals surface area contributed by atoms with Crippen molar-refractivity contribution in [1.82, 2.24) is 4.90 Å². The lowest BCUT2D eigenvalue weighted by Gasteiger charge is -2.33. The van der Waals surface area contributed by atoms with Crippen LogP contribution in [0.5, 0.6) is 5.75 Å². The first kappa shape index (κ1) is 18.8. The SMILES string of the molecule is CCCOc1ccc(Cl)cc1C1C(C(=O)OC)=C(C)N=C2SCC(=O)N21. The van der Waals surface area contributed by atoms with Gasteiger partial charge in [-0.25, -0.2) is 9.79 Å². The standard InChI is InChI=1S/C18H19ClN2O4S/c1-4-7-25-13-6-5-11(19)8-12(13)16-15(17(23)24-3)10(2)20-18-21(16)14(22)9-26-18/h5-6,8,16H,4,7,9H2,1-3H3. The van der Waals surface area contributed by atoms with Crippen molar-refractivity contribution in [2.45, 2.75) is 26.3 Å². The van der Waals surface area contributed by atoms with Crippen molar-refractivity contribution in [2.75, 3.05) is 19.5 Å². The van der Waals surface area contributed by atoms with Gasteiger partial charge in [0.2, 0.25) is 5.91 Å². The Morgan fingerprint density at radius 3 is 2.92 bits per heavy atom. The zero-order chi connectivity index (χ0) is 18.8. The Bertz CT molecular complexity index is 821. The largest absolute Gasteiger partial charge is 0.493 e. The summed E-state index contributed by atoms with van der Waals surface area (Å²) < 4.78 is 10.8. The molecule has 2 aliphatic heterocycles. The van der Waals surface area contributed by atoms with E-state index in [1.165, 1.54) is 23.8 Å². The minimum absolute atomic E-state index is 0.117. The fraction of sp³-hybridized carbons (Fsp3) is 0.389. The van der Waals surface area contributed by atoms with Crippen LogP contribution in [0.4, 0.5) is 0 Å². The number of amides is 1. The molecule has 1 aromatic rings. The van der Waals surface area contributed by atoms with Gasteiger partial charge in [-0.1, -0.05) is 30.3 Å². The number of ether oxygens (including phenoxy) is 2. The molecule has 3 rings (SSSR count). The number of hydrogen-bond acceptors (Lipinski definition) is 6. The third-order valence-corrected chi connectivity index (χ3v) is 5.29. The van der Waals surface area contributed by atoms with E-state index in [0.29, 0.717) is 39.4 Å². The first-order valence-electron chi connectivity index (χ1n) is 8.22. The van der Waals surface area contributed by atoms with E-state index in [2.05, 4.69) is 4.99 Å². The molecule has 0 aliphatic carbocycles. The van der Waals surface area contributed by atoms with Gasteiger partial charge in [0.1, 0.15) is 11.8 Å². The summed E-state index contributed by atoms with van der Waals surface area (Å²) in [7, 11) is 1.31. The Kier molecular flexibility index (Phi) is 5.58. The number of amidine groups is 1. The number of hydrogen-bond donors (Lipinski definition) is 0. The van der Waals surface area contributed by atoms with Gasteiger partial charge >= 0.3 is 5.97 Å². The Morgan fingerprint density at radius 2 is 2.23 bits per heavy atom. The molecule has 0 radical (unpaired) electrons. The number of methoxy groups -OCH3 is 1. The molecule has 2 aliphatic rings. The highest BCUT2D eigenvalue weighted by Gasteiger charge is 2.44. The van der Waals surface area contributed by atoms with Gasteiger partial charge in [-0.2, -0.15) is 0 Å². The molecule has 1 saturated heterocycles. The number of rotatable bonds is 5. The van der Waals surface area contributed by atoms with Crippen LogP contribution in [0.2, 0.25) is 5.02 Å². The summed E-state index contributed by atoms with van der Waals surface area (Å²) >= 11 is 7.57. The number of carbonyl (C=O) groups excluding carboxylic acids is 2. The van der Waals surface area contributed by atoms with Crippen molar-refractivity contribution in [3.8, 4) is 5.75 Å². The fourth-order valence-corrected chi connectivity index (χ4v) is 4.10. The third-order valence-electron chi connectivity index (χ3n) is 4.12. The minimum atomic E-state index is -0.678. The first-order chi connectivity index (χ1) is 12.5. The number of thioether (sulfide) groups is 1. The van der Waals surface area contributed by atoms with E-state index in [1.807, 2.05) is 6.92 Å². The number of esters is 1. The van der Waals surface area contributed by atoms with E-state index in [4.69, 9.17) is 21.1 Å². The van der Waals surface area contributed by atoms with Crippen LogP contribution in [0.15, 0.2) is 34.5 Å². The lowest BCUT2D eigenvalue weighted by atomic mass is 9.93. The maximum absolute atomic E-state index is 12.5. The summed E-state index contributed by atoms with van der Waals surface area (Å²) in [5, 5.41) is 1.07. The maximum atomic E-state index is 12.5. The van der Waals surface area contributed by atoms with Crippen LogP contribution in [0, 0.1) is 0 Å². The Hall–Kier alpha value is -1.99. The molecule has 0 bridgehead atoms. The predicted molar refractivity (Wildman–Crippen MR) is 101 cm³/mol. The zero-order valence-corrected chi connectivity index (χ0v) is 16.3. The highest BCUT2D eigenvalue weighted by molar-refractivity contribution is 8.15. The molecule has 26 heavy (non-hydrogen) atoms. The second-order valence-corrected chi connectivity index (χ2v) is 7.25. The highest BCUT2D eigenvalue weighted by Crippen LogP contribution is 2.44. The average molecular weight is 395 g/mol. The van der Waals surface area contributed by atoms with Gasteiger partial charge in [0.05, 0.1) is 30.7 Å². The molecule has 0 N–H and O–H groups in total. The number of halogens is 1. The summed E-state index contributed by atoms with van der Waals surface area (Å²) in [6.07, 6.45) is 0.830. The summed E-state index contributed by atoms with van der Waals surface area (Å²) in [6.45, 7) is 4.26. The van der Waals surface area contributed by atoms with Gasteiger partial charge in [0, 0.05) is 10.6 Å². The summed E-state index contributed by atoms with van der Waals surface area (Å²) in [5.74, 6) is 0.222. The number of nitrogens with zero attached hydrogens (tertiary/aromatic N) is 2. The molecule has 6 nitrogen and oxygen atoms in total. The van der Waals surface area contributed by atoms with Crippen molar-refractivity contribution < 1.29 is 19.1 Å². The molecule has 1 amide bonds. The Morgan fingerprint density at radius 1 is 1.46 bits per heavy atom. The summed E-state index contributed by atoms with van der Waals surface area (Å²) in [4.78, 5) is 31.0. The second kappa shape index (κ2) is 7.72. The monoisotopic (exact) mass is 394 g/mol. The number of benzene rings is 1. The van der Waals surface area contributed by atoms with Crippen molar-refractivity contribution in [3.63, 3.8) is 0 Å². The van der Waals surface area contributed by atoms with Gasteiger partial charge < -0.3 is 9.47 Å². The quantitative estimate of drug-likeness (QED) is 0.714. The molecule has 1 atom stereocenters. The van der Waals surface area contributed by atoms with Crippen LogP contribution in [-0.2, 0) is 14.3 Å². The second-order valence-electron chi connectivity index (χ2n) is 5.87. The topological polar surface area (TPSA) is 68.2 Å². The maximum Gasteiger partial charge on any atom is 0.338 e. The molecule has 1 unspecified atom stereocenters. The number of fused-ring (bicyclic) bond motifs is 1. The van der Waals surface area contributed by atoms with E-state index in [9.17, 15) is 9.59 Å². The van der Waals surface area contributed by atoms with E-state index in [1.54, 1.807) is 25.1 Å². The summed E-state index contributed by atoms with van der Waals surface area (Å²) in [5.41, 5.74) is 1.49. The molecular formula is C18H19ClN2O4S. The number of allylic oxidation sites excluding steroid dienone is 1. The Labute approximate surface area is 161 Å². The van der Waals surface area contributed by atoms with E-state index < -0.39 is 12.0 Å². The van der Waals surface area contributed by atoms with E-state index in [-0.39, 0.29) is 11.7 Å². The van der Waals surface area contributed by atoms with Crippen LogP contribution in [0.3, 0.4) is 0 Å². The van der Waals surface area contributed by atoms with Crippen LogP contribution < -0.4 is 4.74 Å². The molecule has 0 aromatic heterocycles. The molecule has 0 saturated carbocycles. The minimum Gasteiger partial charge on any atom is -0.493 e. The Balaban J connectivity index is 2.19. The van der Waals surface area contributed by atoms with Crippen molar-refractivity contribution in [2.24, 2.45) is 4.99 Å². The van der Waals surface area contributed by atoms with Gasteiger partial charge in [0.15, 0.2) is 5.17 Å². The highest BCUT2D eigenvalue weighted by atomic mass is 35.5. The number of aliphatic imine (C=N–C) groups is 1.